The maximum atomic E-state index is 8.94. The number of benzene rings is 1. The van der Waals surface area contributed by atoms with E-state index in [1.54, 1.807) is 0 Å². The highest BCUT2D eigenvalue weighted by Gasteiger charge is 2.12. The Labute approximate surface area is 90.5 Å². The van der Waals surface area contributed by atoms with Gasteiger partial charge in [0.05, 0.1) is 6.54 Å². The van der Waals surface area contributed by atoms with Crippen molar-refractivity contribution in [3.05, 3.63) is 35.9 Å². The first-order valence-electron chi connectivity index (χ1n) is 4.94. The van der Waals surface area contributed by atoms with E-state index in [1.807, 2.05) is 50.4 Å². The second kappa shape index (κ2) is 5.16. The zero-order valence-electron chi connectivity index (χ0n) is 9.07. The Morgan fingerprint density at radius 3 is 2.47 bits per heavy atom. The molecule has 0 bridgehead atoms. The maximum Gasteiger partial charge on any atom is 0.185 e. The molecule has 3 nitrogen and oxygen atoms in total. The Hall–Kier alpha value is -1.82. The minimum absolute atomic E-state index is 0.0772. The Kier molecular flexibility index (Phi) is 3.87. The van der Waals surface area contributed by atoms with Gasteiger partial charge in [-0.25, -0.2) is 0 Å². The van der Waals surface area contributed by atoms with Crippen molar-refractivity contribution in [2.75, 3.05) is 0 Å². The van der Waals surface area contributed by atoms with Crippen LogP contribution in [0.5, 0.6) is 0 Å². The molecular formula is C12H15N3. The molecule has 0 radical (unpaired) electrons. The molecule has 0 saturated carbocycles. The molecule has 0 heterocycles. The topological polar surface area (TPSA) is 50.9 Å². The predicted octanol–water partition coefficient (Wildman–Crippen LogP) is 2.60. The van der Waals surface area contributed by atoms with Crippen LogP contribution in [-0.4, -0.2) is 10.7 Å². The number of amidine groups is 1. The van der Waals surface area contributed by atoms with Gasteiger partial charge in [0, 0.05) is 5.92 Å². The first-order valence-corrected chi connectivity index (χ1v) is 4.94. The summed E-state index contributed by atoms with van der Waals surface area (Å²) in [4.78, 5) is 1.42. The van der Waals surface area contributed by atoms with Gasteiger partial charge >= 0.3 is 0 Å². The Morgan fingerprint density at radius 2 is 2.00 bits per heavy atom. The summed E-state index contributed by atoms with van der Waals surface area (Å²) in [5.74, 6) is 0.440. The third kappa shape index (κ3) is 3.10. The van der Waals surface area contributed by atoms with Gasteiger partial charge in [0.25, 0.3) is 0 Å². The minimum atomic E-state index is 0.0772. The lowest BCUT2D eigenvalue weighted by Crippen LogP contribution is -2.28. The van der Waals surface area contributed by atoms with Crippen LogP contribution in [0, 0.1) is 22.8 Å². The predicted molar refractivity (Wildman–Crippen MR) is 60.2 cm³/mol. The molecule has 1 aromatic rings. The lowest BCUT2D eigenvalue weighted by atomic mass is 10.1. The molecule has 0 unspecified atom stereocenters. The zero-order valence-corrected chi connectivity index (χ0v) is 9.07. The molecule has 78 valence electrons. The van der Waals surface area contributed by atoms with Crippen molar-refractivity contribution in [1.82, 2.24) is 4.90 Å². The lowest BCUT2D eigenvalue weighted by Gasteiger charge is -2.18. The fourth-order valence-electron chi connectivity index (χ4n) is 1.25. The van der Waals surface area contributed by atoms with Crippen molar-refractivity contribution >= 4 is 5.84 Å². The van der Waals surface area contributed by atoms with E-state index in [4.69, 9.17) is 10.7 Å². The van der Waals surface area contributed by atoms with E-state index < -0.39 is 0 Å². The highest BCUT2D eigenvalue weighted by molar-refractivity contribution is 5.82. The third-order valence-electron chi connectivity index (χ3n) is 2.14. The quantitative estimate of drug-likeness (QED) is 0.353. The van der Waals surface area contributed by atoms with Crippen LogP contribution in [0.1, 0.15) is 19.4 Å². The van der Waals surface area contributed by atoms with Crippen LogP contribution in [0.4, 0.5) is 0 Å². The van der Waals surface area contributed by atoms with E-state index >= 15 is 0 Å². The van der Waals surface area contributed by atoms with Crippen LogP contribution in [0.2, 0.25) is 0 Å². The molecule has 15 heavy (non-hydrogen) atoms. The number of nitrogens with zero attached hydrogens (tertiary/aromatic N) is 2. The second-order valence-electron chi connectivity index (χ2n) is 3.71. The molecule has 0 aliphatic heterocycles. The van der Waals surface area contributed by atoms with Crippen molar-refractivity contribution in [2.24, 2.45) is 5.92 Å². The number of hydrogen-bond acceptors (Lipinski definition) is 2. The van der Waals surface area contributed by atoms with Crippen molar-refractivity contribution < 1.29 is 0 Å². The first kappa shape index (κ1) is 11.3. The van der Waals surface area contributed by atoms with Crippen LogP contribution in [0.3, 0.4) is 0 Å². The highest BCUT2D eigenvalue weighted by atomic mass is 15.2. The van der Waals surface area contributed by atoms with Crippen LogP contribution in [0.25, 0.3) is 0 Å². The average Bonchev–Trinajstić information content (AvgIpc) is 2.26. The largest absolute Gasteiger partial charge is 0.287 e. The summed E-state index contributed by atoms with van der Waals surface area (Å²) in [5.41, 5.74) is 1.05. The van der Waals surface area contributed by atoms with Crippen LogP contribution < -0.4 is 0 Å². The van der Waals surface area contributed by atoms with Gasteiger partial charge in [0.2, 0.25) is 0 Å². The second-order valence-corrected chi connectivity index (χ2v) is 3.71. The van der Waals surface area contributed by atoms with Crippen molar-refractivity contribution in [3.63, 3.8) is 0 Å². The molecule has 0 aromatic heterocycles. The number of nitrogens with one attached hydrogen (secondary N) is 1. The minimum Gasteiger partial charge on any atom is -0.287 e. The zero-order chi connectivity index (χ0) is 11.3. The molecule has 0 aliphatic carbocycles. The number of hydrogen-bond donors (Lipinski definition) is 1. The maximum absolute atomic E-state index is 8.94. The highest BCUT2D eigenvalue weighted by Crippen LogP contribution is 2.07. The molecule has 3 heteroatoms. The number of nitriles is 1. The van der Waals surface area contributed by atoms with E-state index in [0.717, 1.165) is 5.56 Å². The smallest absolute Gasteiger partial charge is 0.185 e. The van der Waals surface area contributed by atoms with Crippen molar-refractivity contribution in [1.29, 1.82) is 10.7 Å². The molecule has 1 rings (SSSR count). The summed E-state index contributed by atoms with van der Waals surface area (Å²) in [7, 11) is 0. The van der Waals surface area contributed by atoms with E-state index in [2.05, 4.69) is 0 Å². The van der Waals surface area contributed by atoms with E-state index in [-0.39, 0.29) is 5.92 Å². The summed E-state index contributed by atoms with van der Waals surface area (Å²) in [6.45, 7) is 4.31. The summed E-state index contributed by atoms with van der Waals surface area (Å²) < 4.78 is 0. The molecule has 0 saturated heterocycles. The van der Waals surface area contributed by atoms with Crippen LogP contribution in [-0.2, 0) is 6.54 Å². The molecule has 0 spiro atoms. The van der Waals surface area contributed by atoms with E-state index in [1.165, 1.54) is 4.90 Å². The van der Waals surface area contributed by atoms with E-state index in [9.17, 15) is 0 Å². The van der Waals surface area contributed by atoms with Gasteiger partial charge in [-0.2, -0.15) is 5.26 Å². The molecule has 0 atom stereocenters. The van der Waals surface area contributed by atoms with Gasteiger partial charge in [-0.05, 0) is 5.56 Å². The summed E-state index contributed by atoms with van der Waals surface area (Å²) in [6, 6.07) is 9.72. The Balaban J connectivity index is 2.72. The molecule has 0 amide bonds. The first-order chi connectivity index (χ1) is 7.15. The Bertz CT molecular complexity index is 362. The molecule has 1 aromatic carbocycles. The fourth-order valence-corrected chi connectivity index (χ4v) is 1.25. The number of rotatable bonds is 3. The molecular weight excluding hydrogens is 186 g/mol. The van der Waals surface area contributed by atoms with Gasteiger partial charge in [-0.3, -0.25) is 10.3 Å². The van der Waals surface area contributed by atoms with Gasteiger partial charge in [0.15, 0.2) is 6.19 Å². The third-order valence-corrected chi connectivity index (χ3v) is 2.14. The average molecular weight is 201 g/mol. The fraction of sp³-hybridized carbons (Fsp3) is 0.333. The lowest BCUT2D eigenvalue weighted by molar-refractivity contribution is 0.531. The van der Waals surface area contributed by atoms with E-state index in [0.29, 0.717) is 12.4 Å². The van der Waals surface area contributed by atoms with Crippen LogP contribution in [0.15, 0.2) is 30.3 Å². The monoisotopic (exact) mass is 201 g/mol. The molecule has 1 N–H and O–H groups in total. The molecule has 0 fully saturated rings. The standard InChI is InChI=1S/C12H15N3/c1-10(2)12(14)15(9-13)8-11-6-4-3-5-7-11/h3-7,10,14H,8H2,1-2H3. The van der Waals surface area contributed by atoms with Crippen molar-refractivity contribution in [2.45, 2.75) is 20.4 Å². The Morgan fingerprint density at radius 1 is 1.40 bits per heavy atom. The van der Waals surface area contributed by atoms with Crippen molar-refractivity contribution in [3.8, 4) is 6.19 Å². The summed E-state index contributed by atoms with van der Waals surface area (Å²) in [5, 5.41) is 16.7. The van der Waals surface area contributed by atoms with Crippen LogP contribution >= 0.6 is 0 Å². The summed E-state index contributed by atoms with van der Waals surface area (Å²) >= 11 is 0. The van der Waals surface area contributed by atoms with Gasteiger partial charge in [0.1, 0.15) is 5.84 Å². The summed E-state index contributed by atoms with van der Waals surface area (Å²) in [6.07, 6.45) is 2.04. The van der Waals surface area contributed by atoms with Gasteiger partial charge in [-0.1, -0.05) is 44.2 Å². The SMILES string of the molecule is CC(C)C(=N)N(C#N)Cc1ccccc1. The van der Waals surface area contributed by atoms with Gasteiger partial charge < -0.3 is 0 Å². The normalized spacial score (nSPS) is 9.73. The molecule has 0 aliphatic rings. The van der Waals surface area contributed by atoms with Gasteiger partial charge in [-0.15, -0.1) is 0 Å².